The van der Waals surface area contributed by atoms with E-state index in [0.717, 1.165) is 26.1 Å². The van der Waals surface area contributed by atoms with Crippen LogP contribution in [0, 0.1) is 12.8 Å². The van der Waals surface area contributed by atoms with E-state index in [-0.39, 0.29) is 0 Å². The Morgan fingerprint density at radius 2 is 2.05 bits per heavy atom. The number of hydrogen-bond donors (Lipinski definition) is 0. The zero-order valence-corrected chi connectivity index (χ0v) is 13.9. The summed E-state index contributed by atoms with van der Waals surface area (Å²) in [6.07, 6.45) is 4.79. The van der Waals surface area contributed by atoms with Gasteiger partial charge in [0.15, 0.2) is 0 Å². The van der Waals surface area contributed by atoms with Gasteiger partial charge >= 0.3 is 0 Å². The molecule has 0 aromatic heterocycles. The molecule has 0 spiro atoms. The normalized spacial score (nSPS) is 26.4. The van der Waals surface area contributed by atoms with E-state index in [1.807, 2.05) is 0 Å². The Morgan fingerprint density at radius 1 is 1.23 bits per heavy atom. The van der Waals surface area contributed by atoms with Gasteiger partial charge in [-0.05, 0) is 50.6 Å². The summed E-state index contributed by atoms with van der Waals surface area (Å²) in [5, 5.41) is 0. The monoisotopic (exact) mass is 300 g/mol. The van der Waals surface area contributed by atoms with E-state index in [1.54, 1.807) is 0 Å². The first-order valence-corrected chi connectivity index (χ1v) is 8.72. The molecule has 1 aromatic rings. The molecule has 3 nitrogen and oxygen atoms in total. The van der Waals surface area contributed by atoms with Gasteiger partial charge in [-0.15, -0.1) is 0 Å². The molecule has 0 bridgehead atoms. The van der Waals surface area contributed by atoms with Crippen LogP contribution in [-0.4, -0.2) is 41.9 Å². The molecule has 0 saturated carbocycles. The number of benzene rings is 1. The number of nitrogens with zero attached hydrogens (tertiary/aromatic N) is 2. The highest BCUT2D eigenvalue weighted by molar-refractivity contribution is 5.78. The van der Waals surface area contributed by atoms with Crippen molar-refractivity contribution in [2.45, 2.75) is 45.6 Å². The predicted octanol–water partition coefficient (Wildman–Crippen LogP) is 3.39. The minimum atomic E-state index is 0.325. The number of likely N-dealkylation sites (tertiary alicyclic amines) is 2. The molecule has 22 heavy (non-hydrogen) atoms. The fourth-order valence-electron chi connectivity index (χ4n) is 3.96. The molecule has 2 fully saturated rings. The van der Waals surface area contributed by atoms with Gasteiger partial charge in [0.2, 0.25) is 5.91 Å². The SMILES string of the molecule is Cc1cccc(C2CCCN2CC(=O)N2CCCC(C)C2)c1. The second-order valence-electron chi connectivity index (χ2n) is 7.13. The van der Waals surface area contributed by atoms with Crippen molar-refractivity contribution >= 4 is 5.91 Å². The van der Waals surface area contributed by atoms with Crippen LogP contribution in [0.3, 0.4) is 0 Å². The number of rotatable bonds is 3. The van der Waals surface area contributed by atoms with E-state index in [2.05, 4.69) is 47.9 Å². The molecule has 1 amide bonds. The van der Waals surface area contributed by atoms with Crippen LogP contribution in [0.25, 0.3) is 0 Å². The fraction of sp³-hybridized carbons (Fsp3) is 0.632. The highest BCUT2D eigenvalue weighted by Crippen LogP contribution is 2.32. The molecule has 2 aliphatic heterocycles. The maximum Gasteiger partial charge on any atom is 0.236 e. The van der Waals surface area contributed by atoms with E-state index < -0.39 is 0 Å². The third-order valence-corrected chi connectivity index (χ3v) is 5.14. The van der Waals surface area contributed by atoms with Gasteiger partial charge in [0.1, 0.15) is 0 Å². The molecule has 2 aliphatic rings. The van der Waals surface area contributed by atoms with Crippen molar-refractivity contribution in [1.29, 1.82) is 0 Å². The van der Waals surface area contributed by atoms with Gasteiger partial charge in [-0.25, -0.2) is 0 Å². The van der Waals surface area contributed by atoms with Gasteiger partial charge < -0.3 is 4.90 Å². The van der Waals surface area contributed by atoms with Crippen LogP contribution in [0.4, 0.5) is 0 Å². The lowest BCUT2D eigenvalue weighted by Gasteiger charge is -2.33. The number of carbonyl (C=O) groups is 1. The Labute approximate surface area is 134 Å². The molecule has 2 heterocycles. The van der Waals surface area contributed by atoms with E-state index in [0.29, 0.717) is 24.4 Å². The number of amides is 1. The number of aryl methyl sites for hydroxylation is 1. The standard InChI is InChI=1S/C19H28N2O/c1-15-6-3-8-17(12-15)18-9-5-10-20(18)14-19(22)21-11-4-7-16(2)13-21/h3,6,8,12,16,18H,4-5,7,9-11,13-14H2,1-2H3. The lowest BCUT2D eigenvalue weighted by molar-refractivity contribution is -0.134. The van der Waals surface area contributed by atoms with Crippen molar-refractivity contribution in [2.24, 2.45) is 5.92 Å². The molecular weight excluding hydrogens is 272 g/mol. The molecule has 120 valence electrons. The smallest absolute Gasteiger partial charge is 0.236 e. The lowest BCUT2D eigenvalue weighted by atomic mass is 10.00. The molecule has 3 heteroatoms. The summed E-state index contributed by atoms with van der Waals surface area (Å²) in [5.74, 6) is 0.981. The highest BCUT2D eigenvalue weighted by Gasteiger charge is 2.30. The zero-order valence-electron chi connectivity index (χ0n) is 13.9. The summed E-state index contributed by atoms with van der Waals surface area (Å²) in [4.78, 5) is 17.1. The third-order valence-electron chi connectivity index (χ3n) is 5.14. The average molecular weight is 300 g/mol. The van der Waals surface area contributed by atoms with E-state index >= 15 is 0 Å². The van der Waals surface area contributed by atoms with E-state index in [1.165, 1.54) is 30.4 Å². The lowest BCUT2D eigenvalue weighted by Crippen LogP contribution is -2.44. The zero-order chi connectivity index (χ0) is 15.5. The van der Waals surface area contributed by atoms with Gasteiger partial charge in [0.25, 0.3) is 0 Å². The summed E-state index contributed by atoms with van der Waals surface area (Å²) in [6, 6.07) is 9.18. The van der Waals surface area contributed by atoms with Crippen molar-refractivity contribution in [1.82, 2.24) is 9.80 Å². The maximum atomic E-state index is 12.6. The second kappa shape index (κ2) is 6.82. The first-order valence-electron chi connectivity index (χ1n) is 8.72. The van der Waals surface area contributed by atoms with Crippen LogP contribution in [0.2, 0.25) is 0 Å². The molecule has 2 unspecified atom stereocenters. The van der Waals surface area contributed by atoms with Crippen molar-refractivity contribution in [3.63, 3.8) is 0 Å². The first kappa shape index (κ1) is 15.5. The van der Waals surface area contributed by atoms with E-state index in [9.17, 15) is 4.79 Å². The van der Waals surface area contributed by atoms with Crippen LogP contribution >= 0.6 is 0 Å². The summed E-state index contributed by atoms with van der Waals surface area (Å²) < 4.78 is 0. The number of piperidine rings is 1. The topological polar surface area (TPSA) is 23.6 Å². The molecule has 0 aliphatic carbocycles. The molecule has 2 saturated heterocycles. The summed E-state index contributed by atoms with van der Waals surface area (Å²) >= 11 is 0. The largest absolute Gasteiger partial charge is 0.341 e. The Hall–Kier alpha value is -1.35. The van der Waals surface area contributed by atoms with Crippen molar-refractivity contribution < 1.29 is 4.79 Å². The van der Waals surface area contributed by atoms with E-state index in [4.69, 9.17) is 0 Å². The maximum absolute atomic E-state index is 12.6. The first-order chi connectivity index (χ1) is 10.6. The summed E-state index contributed by atoms with van der Waals surface area (Å²) in [7, 11) is 0. The minimum Gasteiger partial charge on any atom is -0.341 e. The second-order valence-corrected chi connectivity index (χ2v) is 7.13. The van der Waals surface area contributed by atoms with Crippen molar-refractivity contribution in [2.75, 3.05) is 26.2 Å². The van der Waals surface area contributed by atoms with Gasteiger partial charge in [-0.1, -0.05) is 36.8 Å². The highest BCUT2D eigenvalue weighted by atomic mass is 16.2. The van der Waals surface area contributed by atoms with Crippen LogP contribution in [0.5, 0.6) is 0 Å². The third kappa shape index (κ3) is 3.52. The van der Waals surface area contributed by atoms with Crippen molar-refractivity contribution in [3.8, 4) is 0 Å². The molecule has 0 radical (unpaired) electrons. The molecule has 0 N–H and O–H groups in total. The molecule has 3 rings (SSSR count). The number of hydrogen-bond acceptors (Lipinski definition) is 2. The van der Waals surface area contributed by atoms with Gasteiger partial charge in [-0.2, -0.15) is 0 Å². The van der Waals surface area contributed by atoms with Crippen molar-refractivity contribution in [3.05, 3.63) is 35.4 Å². The quantitative estimate of drug-likeness (QED) is 0.854. The Morgan fingerprint density at radius 3 is 2.82 bits per heavy atom. The Bertz CT molecular complexity index is 528. The fourth-order valence-corrected chi connectivity index (χ4v) is 3.96. The van der Waals surface area contributed by atoms with Gasteiger partial charge in [-0.3, -0.25) is 9.69 Å². The Kier molecular flexibility index (Phi) is 4.82. The predicted molar refractivity (Wildman–Crippen MR) is 89.7 cm³/mol. The van der Waals surface area contributed by atoms with Gasteiger partial charge in [0, 0.05) is 19.1 Å². The van der Waals surface area contributed by atoms with Crippen LogP contribution in [0.1, 0.15) is 49.8 Å². The van der Waals surface area contributed by atoms with Crippen LogP contribution in [0.15, 0.2) is 24.3 Å². The summed E-state index contributed by atoms with van der Waals surface area (Å²) in [6.45, 7) is 7.93. The van der Waals surface area contributed by atoms with Crippen LogP contribution in [-0.2, 0) is 4.79 Å². The molecular formula is C19H28N2O. The Balaban J connectivity index is 1.64. The number of carbonyl (C=O) groups excluding carboxylic acids is 1. The molecule has 2 atom stereocenters. The average Bonchev–Trinajstić information content (AvgIpc) is 2.95. The minimum absolute atomic E-state index is 0.325. The van der Waals surface area contributed by atoms with Crippen LogP contribution < -0.4 is 0 Å². The molecule has 1 aromatic carbocycles. The summed E-state index contributed by atoms with van der Waals surface area (Å²) in [5.41, 5.74) is 2.68. The van der Waals surface area contributed by atoms with Gasteiger partial charge in [0.05, 0.1) is 6.54 Å².